The molecule has 0 radical (unpaired) electrons. The Morgan fingerprint density at radius 2 is 1.03 bits per heavy atom. The molecule has 89 heavy (non-hydrogen) atoms. The summed E-state index contributed by atoms with van der Waals surface area (Å²) in [6.07, 6.45) is 19.0. The molecule has 9 N–H and O–H groups in total. The highest BCUT2D eigenvalue weighted by Gasteiger charge is 2.32. The molecule has 0 bridgehead atoms. The third-order valence-corrected chi connectivity index (χ3v) is 17.4. The van der Waals surface area contributed by atoms with Crippen molar-refractivity contribution >= 4 is 47.3 Å². The number of rotatable bonds is 20. The Bertz CT molecular complexity index is 3560. The summed E-state index contributed by atoms with van der Waals surface area (Å²) in [4.78, 5) is 47.9. The van der Waals surface area contributed by atoms with E-state index in [2.05, 4.69) is 91.0 Å². The number of nitriles is 2. The zero-order chi connectivity index (χ0) is 61.5. The fourth-order valence-electron chi connectivity index (χ4n) is 12.4. The summed E-state index contributed by atoms with van der Waals surface area (Å²) in [5, 5.41) is 48.8. The molecular formula is C66H80N18O5. The van der Waals surface area contributed by atoms with Gasteiger partial charge in [0.1, 0.15) is 17.4 Å². The molecule has 23 heteroatoms. The smallest absolute Gasteiger partial charge is 0.410 e. The van der Waals surface area contributed by atoms with E-state index in [1.807, 2.05) is 66.7 Å². The number of nitrogens with one attached hydrogen (secondary N) is 7. The van der Waals surface area contributed by atoms with E-state index in [1.54, 1.807) is 38.7 Å². The first-order valence-electron chi connectivity index (χ1n) is 31.3. The summed E-state index contributed by atoms with van der Waals surface area (Å²) in [5.74, 6) is 6.20. The number of H-pyrrole nitrogens is 2. The van der Waals surface area contributed by atoms with Crippen LogP contribution in [0.3, 0.4) is 0 Å². The minimum atomic E-state index is -0.445. The molecule has 23 nitrogen and oxygen atoms in total. The van der Waals surface area contributed by atoms with E-state index >= 15 is 0 Å². The Kier molecular flexibility index (Phi) is 20.5. The van der Waals surface area contributed by atoms with E-state index in [-0.39, 0.29) is 30.2 Å². The summed E-state index contributed by atoms with van der Waals surface area (Å²) in [6, 6.07) is 33.7. The first kappa shape index (κ1) is 61.5. The van der Waals surface area contributed by atoms with Gasteiger partial charge in [-0.1, -0.05) is 30.3 Å². The number of para-hydroxylation sites is 1. The van der Waals surface area contributed by atoms with Crippen molar-refractivity contribution in [3.8, 4) is 17.9 Å². The van der Waals surface area contributed by atoms with E-state index < -0.39 is 6.09 Å². The van der Waals surface area contributed by atoms with Crippen LogP contribution in [-0.2, 0) is 35.2 Å². The average Bonchev–Trinajstić information content (AvgIpc) is 3.62. The van der Waals surface area contributed by atoms with Gasteiger partial charge in [-0.25, -0.2) is 19.6 Å². The molecule has 4 fully saturated rings. The van der Waals surface area contributed by atoms with Crippen molar-refractivity contribution in [3.05, 3.63) is 148 Å². The zero-order valence-corrected chi connectivity index (χ0v) is 50.7. The molecule has 2 unspecified atom stereocenters. The number of nitrogens with two attached hydrogens (primary N) is 1. The standard InChI is InChI=1S/C30H37N9O2.C19H29N7O.C17H14N2O2/c1-41-13-12-39(29-32-11-10-27(36-29)35-28-17-26(37-38-28)20-4-5-20)25-8-6-23(7-9-25)33-30(40)34-24-15-21-3-2-19(18-31)14-22(21)16-24;1-27-11-10-26(15-6-4-14(20)5-7-15)19-21-9-8-17(23-19)22-18-12-16(24-25-18)13-2-3-13;18-11-12-6-7-13-9-15(10-14(13)8-12)19-17(20)21-16-4-2-1-3-5-16/h2-3,10-11,14,17,20,23-25H,4-9,12-13,15-16H2,1H3,(H2,33,34,40)(H2,32,35,36,37,38);8-9,12-15H,2-7,10-11,20H2,1H3,(H2,21,22,23,24,25);1-8,15H,9-10H2,(H,19,20). The van der Waals surface area contributed by atoms with Crippen LogP contribution in [0.2, 0.25) is 0 Å². The lowest BCUT2D eigenvalue weighted by Gasteiger charge is -2.37. The number of methoxy groups -OCH3 is 2. The van der Waals surface area contributed by atoms with Crippen LogP contribution in [0.25, 0.3) is 0 Å². The summed E-state index contributed by atoms with van der Waals surface area (Å²) >= 11 is 0. The Morgan fingerprint density at radius 3 is 1.52 bits per heavy atom. The first-order chi connectivity index (χ1) is 43.5. The number of urea groups is 1. The second-order valence-corrected chi connectivity index (χ2v) is 24.0. The van der Waals surface area contributed by atoms with Gasteiger partial charge in [-0.05, 0) is 174 Å². The van der Waals surface area contributed by atoms with Gasteiger partial charge in [-0.15, -0.1) is 0 Å². The highest BCUT2D eigenvalue weighted by atomic mass is 16.6. The summed E-state index contributed by atoms with van der Waals surface area (Å²) in [6.45, 7) is 2.68. The largest absolute Gasteiger partial charge is 0.412 e. The number of hydrogen-bond donors (Lipinski definition) is 8. The van der Waals surface area contributed by atoms with Crippen LogP contribution in [0.4, 0.5) is 44.8 Å². The van der Waals surface area contributed by atoms with Crippen LogP contribution < -0.4 is 46.9 Å². The van der Waals surface area contributed by atoms with E-state index in [0.717, 1.165) is 118 Å². The average molecular weight is 1210 g/mol. The molecule has 0 aliphatic heterocycles. The lowest BCUT2D eigenvalue weighted by atomic mass is 9.90. The van der Waals surface area contributed by atoms with E-state index in [9.17, 15) is 9.59 Å². The van der Waals surface area contributed by atoms with Crippen molar-refractivity contribution in [2.45, 2.75) is 151 Å². The molecule has 6 aliphatic rings. The number of aromatic nitrogens is 8. The van der Waals surface area contributed by atoms with Gasteiger partial charge in [0, 0.05) is 111 Å². The fourth-order valence-corrected chi connectivity index (χ4v) is 12.4. The molecule has 464 valence electrons. The topological polar surface area (TPSA) is 311 Å². The number of ether oxygens (including phenoxy) is 3. The maximum atomic E-state index is 12.8. The molecule has 4 heterocycles. The van der Waals surface area contributed by atoms with Crippen LogP contribution in [-0.4, -0.2) is 129 Å². The summed E-state index contributed by atoms with van der Waals surface area (Å²) < 4.78 is 15.9. The Labute approximate surface area is 519 Å². The monoisotopic (exact) mass is 1200 g/mol. The highest BCUT2D eigenvalue weighted by Crippen LogP contribution is 2.41. The normalized spacial score (nSPS) is 20.5. The predicted octanol–water partition coefficient (Wildman–Crippen LogP) is 9.28. The zero-order valence-electron chi connectivity index (χ0n) is 50.7. The summed E-state index contributed by atoms with van der Waals surface area (Å²) in [5.41, 5.74) is 14.4. The second kappa shape index (κ2) is 29.7. The molecular weight excluding hydrogens is 1120 g/mol. The molecule has 4 aromatic heterocycles. The van der Waals surface area contributed by atoms with Crippen molar-refractivity contribution in [1.29, 1.82) is 10.5 Å². The van der Waals surface area contributed by atoms with Crippen molar-refractivity contribution in [2.24, 2.45) is 5.73 Å². The quantitative estimate of drug-likeness (QED) is 0.0352. The number of anilines is 6. The van der Waals surface area contributed by atoms with Gasteiger partial charge < -0.3 is 56.3 Å². The Morgan fingerprint density at radius 1 is 0.562 bits per heavy atom. The number of benzene rings is 3. The van der Waals surface area contributed by atoms with Crippen LogP contribution in [0.1, 0.15) is 134 Å². The van der Waals surface area contributed by atoms with Crippen LogP contribution in [0.15, 0.2) is 103 Å². The van der Waals surface area contributed by atoms with Gasteiger partial charge in [0.15, 0.2) is 11.6 Å². The number of aromatic amines is 2. The number of carbonyl (C=O) groups is 2. The molecule has 13 rings (SSSR count). The van der Waals surface area contributed by atoms with Crippen molar-refractivity contribution < 1.29 is 23.8 Å². The van der Waals surface area contributed by atoms with Crippen LogP contribution in [0, 0.1) is 22.7 Å². The molecule has 2 atom stereocenters. The van der Waals surface area contributed by atoms with Gasteiger partial charge in [0.25, 0.3) is 0 Å². The minimum Gasteiger partial charge on any atom is -0.410 e. The molecule has 4 saturated carbocycles. The van der Waals surface area contributed by atoms with Crippen LogP contribution >= 0.6 is 0 Å². The first-order valence-corrected chi connectivity index (χ1v) is 31.3. The number of carbonyl (C=O) groups excluding carboxylic acids is 2. The lowest BCUT2D eigenvalue weighted by molar-refractivity contribution is 0.196. The number of fused-ring (bicyclic) bond motifs is 2. The Hall–Kier alpha value is -9.16. The fraction of sp³-hybridized carbons (Fsp3) is 0.455. The Balaban J connectivity index is 0.000000147. The van der Waals surface area contributed by atoms with E-state index in [0.29, 0.717) is 72.3 Å². The van der Waals surface area contributed by atoms with Gasteiger partial charge >= 0.3 is 12.1 Å². The summed E-state index contributed by atoms with van der Waals surface area (Å²) in [7, 11) is 3.43. The predicted molar refractivity (Wildman–Crippen MR) is 338 cm³/mol. The highest BCUT2D eigenvalue weighted by molar-refractivity contribution is 5.75. The van der Waals surface area contributed by atoms with Gasteiger partial charge in [-0.3, -0.25) is 10.2 Å². The number of hydrogen-bond acceptors (Lipinski definition) is 18. The van der Waals surface area contributed by atoms with Crippen LogP contribution in [0.5, 0.6) is 5.75 Å². The van der Waals surface area contributed by atoms with Crippen molar-refractivity contribution in [3.63, 3.8) is 0 Å². The molecule has 3 aromatic carbocycles. The molecule has 7 aromatic rings. The maximum absolute atomic E-state index is 12.8. The molecule has 0 saturated heterocycles. The number of amides is 3. The van der Waals surface area contributed by atoms with Crippen molar-refractivity contribution in [2.75, 3.05) is 61.0 Å². The third-order valence-electron chi connectivity index (χ3n) is 17.4. The second-order valence-electron chi connectivity index (χ2n) is 24.0. The third kappa shape index (κ3) is 17.1. The molecule has 0 spiro atoms. The minimum absolute atomic E-state index is 0.0187. The van der Waals surface area contributed by atoms with E-state index in [4.69, 9.17) is 40.4 Å². The van der Waals surface area contributed by atoms with Gasteiger partial charge in [0.2, 0.25) is 11.9 Å². The maximum Gasteiger partial charge on any atom is 0.412 e. The van der Waals surface area contributed by atoms with Gasteiger partial charge in [-0.2, -0.15) is 30.7 Å². The SMILES string of the molecule is COCCN(c1nccc(Nc2cc(C3CC3)[nH]n2)n1)C1CCC(N)CC1.COCCN(c1nccc(Nc2cc(C3CC3)[nH]n2)n1)C1CCC(NC(=O)NC2Cc3ccc(C#N)cc3C2)CC1.N#Cc1ccc2c(c1)CC(NC(=O)Oc1ccccc1)C2. The molecule has 3 amide bonds. The lowest BCUT2D eigenvalue weighted by Crippen LogP contribution is -2.49. The van der Waals surface area contributed by atoms with Gasteiger partial charge in [0.05, 0.1) is 36.5 Å². The van der Waals surface area contributed by atoms with Crippen molar-refractivity contribution in [1.82, 2.24) is 56.3 Å². The van der Waals surface area contributed by atoms with E-state index in [1.165, 1.54) is 48.2 Å². The number of nitrogens with zero attached hydrogens (tertiary/aromatic N) is 10. The molecule has 6 aliphatic carbocycles.